The molecule has 0 saturated carbocycles. The second-order valence-electron chi connectivity index (χ2n) is 5.75. The van der Waals surface area contributed by atoms with Gasteiger partial charge in [0.05, 0.1) is 18.9 Å². The van der Waals surface area contributed by atoms with Crippen molar-refractivity contribution in [3.8, 4) is 11.5 Å². The lowest BCUT2D eigenvalue weighted by Gasteiger charge is -2.35. The third kappa shape index (κ3) is 3.78. The fourth-order valence-corrected chi connectivity index (χ4v) is 2.81. The maximum Gasteiger partial charge on any atom is 0.268 e. The third-order valence-corrected chi connectivity index (χ3v) is 4.03. The molecule has 0 radical (unpaired) electrons. The van der Waals surface area contributed by atoms with Crippen molar-refractivity contribution >= 4 is 11.6 Å². The maximum absolute atomic E-state index is 12.7. The van der Waals surface area contributed by atoms with Crippen LogP contribution in [0.2, 0.25) is 0 Å². The zero-order chi connectivity index (χ0) is 16.8. The van der Waals surface area contributed by atoms with Gasteiger partial charge >= 0.3 is 0 Å². The lowest BCUT2D eigenvalue weighted by molar-refractivity contribution is -0.126. The van der Waals surface area contributed by atoms with Gasteiger partial charge in [0, 0.05) is 6.54 Å². The van der Waals surface area contributed by atoms with Crippen LogP contribution in [0.1, 0.15) is 52.0 Å². The number of nitrogens with zero attached hydrogens (tertiary/aromatic N) is 1. The number of ether oxygens (including phenoxy) is 2. The van der Waals surface area contributed by atoms with Crippen LogP contribution in [0.25, 0.3) is 0 Å². The summed E-state index contributed by atoms with van der Waals surface area (Å²) in [7, 11) is 0. The smallest absolute Gasteiger partial charge is 0.268 e. The lowest BCUT2D eigenvalue weighted by atomic mass is 10.1. The number of unbranched alkanes of at least 4 members (excludes halogenated alkanes) is 2. The van der Waals surface area contributed by atoms with E-state index in [4.69, 9.17) is 9.47 Å². The maximum atomic E-state index is 12.7. The predicted octanol–water partition coefficient (Wildman–Crippen LogP) is 3.27. The Bertz CT molecular complexity index is 544. The van der Waals surface area contributed by atoms with Crippen LogP contribution in [0.3, 0.4) is 0 Å². The molecule has 0 bridgehead atoms. The number of hydrogen-bond donors (Lipinski definition) is 1. The van der Waals surface area contributed by atoms with E-state index >= 15 is 0 Å². The summed E-state index contributed by atoms with van der Waals surface area (Å²) in [4.78, 5) is 14.5. The van der Waals surface area contributed by atoms with E-state index in [2.05, 4.69) is 6.92 Å². The summed E-state index contributed by atoms with van der Waals surface area (Å²) >= 11 is 0. The number of amides is 1. The minimum absolute atomic E-state index is 0.00589. The Kier molecular flexibility index (Phi) is 6.28. The minimum atomic E-state index is -0.469. The molecule has 128 valence electrons. The standard InChI is InChI=1S/C18H27NO4/c1-4-7-8-9-19-14-10-13(12-20)11-16(22-6-3)17(14)23-15(5-2)18(19)21/h10-11,15,20H,4-9,12H2,1-3H3. The summed E-state index contributed by atoms with van der Waals surface area (Å²) in [6.45, 7) is 7.07. The highest BCUT2D eigenvalue weighted by Gasteiger charge is 2.35. The van der Waals surface area contributed by atoms with E-state index in [1.807, 2.05) is 19.9 Å². The number of hydrogen-bond acceptors (Lipinski definition) is 4. The molecule has 1 amide bonds. The van der Waals surface area contributed by atoms with E-state index in [1.54, 1.807) is 11.0 Å². The Hall–Kier alpha value is -1.75. The Morgan fingerprint density at radius 3 is 2.65 bits per heavy atom. The van der Waals surface area contributed by atoms with E-state index in [0.717, 1.165) is 24.8 Å². The first-order chi connectivity index (χ1) is 11.2. The molecule has 0 saturated heterocycles. The average molecular weight is 321 g/mol. The largest absolute Gasteiger partial charge is 0.490 e. The van der Waals surface area contributed by atoms with E-state index in [-0.39, 0.29) is 12.5 Å². The molecule has 1 unspecified atom stereocenters. The molecule has 5 nitrogen and oxygen atoms in total. The highest BCUT2D eigenvalue weighted by Crippen LogP contribution is 2.43. The molecule has 1 aliphatic rings. The van der Waals surface area contributed by atoms with Crippen LogP contribution in [-0.4, -0.2) is 30.3 Å². The zero-order valence-electron chi connectivity index (χ0n) is 14.3. The van der Waals surface area contributed by atoms with Crippen molar-refractivity contribution in [2.24, 2.45) is 0 Å². The second-order valence-corrected chi connectivity index (χ2v) is 5.75. The minimum Gasteiger partial charge on any atom is -0.490 e. The van der Waals surface area contributed by atoms with Gasteiger partial charge < -0.3 is 19.5 Å². The van der Waals surface area contributed by atoms with Gasteiger partial charge in [0.15, 0.2) is 17.6 Å². The van der Waals surface area contributed by atoms with Crippen LogP contribution >= 0.6 is 0 Å². The van der Waals surface area contributed by atoms with Gasteiger partial charge in [0.1, 0.15) is 0 Å². The van der Waals surface area contributed by atoms with Crippen molar-refractivity contribution in [2.45, 2.75) is 59.2 Å². The van der Waals surface area contributed by atoms with Gasteiger partial charge in [-0.05, 0) is 37.5 Å². The molecular weight excluding hydrogens is 294 g/mol. The molecule has 0 aliphatic carbocycles. The van der Waals surface area contributed by atoms with E-state index in [0.29, 0.717) is 36.8 Å². The van der Waals surface area contributed by atoms with Crippen LogP contribution in [0.4, 0.5) is 5.69 Å². The Labute approximate surface area is 138 Å². The molecule has 1 N–H and O–H groups in total. The van der Waals surface area contributed by atoms with Gasteiger partial charge in [0.2, 0.25) is 0 Å². The normalized spacial score (nSPS) is 17.0. The van der Waals surface area contributed by atoms with Gasteiger partial charge in [-0.2, -0.15) is 0 Å². The molecule has 0 fully saturated rings. The van der Waals surface area contributed by atoms with Crippen molar-refractivity contribution in [1.29, 1.82) is 0 Å². The number of carbonyl (C=O) groups is 1. The molecule has 5 heteroatoms. The van der Waals surface area contributed by atoms with Crippen molar-refractivity contribution < 1.29 is 19.4 Å². The summed E-state index contributed by atoms with van der Waals surface area (Å²) in [6, 6.07) is 3.61. The van der Waals surface area contributed by atoms with E-state index in [9.17, 15) is 9.90 Å². The Morgan fingerprint density at radius 2 is 2.04 bits per heavy atom. The fraction of sp³-hybridized carbons (Fsp3) is 0.611. The summed E-state index contributed by atoms with van der Waals surface area (Å²) in [6.07, 6.45) is 3.28. The first kappa shape index (κ1) is 17.6. The van der Waals surface area contributed by atoms with Crippen LogP contribution in [0.5, 0.6) is 11.5 Å². The first-order valence-electron chi connectivity index (χ1n) is 8.54. The van der Waals surface area contributed by atoms with Crippen molar-refractivity contribution in [1.82, 2.24) is 0 Å². The molecule has 1 aliphatic heterocycles. The average Bonchev–Trinajstić information content (AvgIpc) is 2.56. The number of carbonyl (C=O) groups excluding carboxylic acids is 1. The summed E-state index contributed by atoms with van der Waals surface area (Å²) < 4.78 is 11.6. The lowest BCUT2D eigenvalue weighted by Crippen LogP contribution is -2.46. The summed E-state index contributed by atoms with van der Waals surface area (Å²) in [5, 5.41) is 9.50. The highest BCUT2D eigenvalue weighted by atomic mass is 16.5. The second kappa shape index (κ2) is 8.20. The number of aliphatic hydroxyl groups excluding tert-OH is 1. The Morgan fingerprint density at radius 1 is 1.26 bits per heavy atom. The van der Waals surface area contributed by atoms with E-state index in [1.165, 1.54) is 0 Å². The molecule has 1 aromatic rings. The van der Waals surface area contributed by atoms with Gasteiger partial charge in [0.25, 0.3) is 5.91 Å². The fourth-order valence-electron chi connectivity index (χ4n) is 2.81. The van der Waals surface area contributed by atoms with Crippen LogP contribution in [-0.2, 0) is 11.4 Å². The van der Waals surface area contributed by atoms with Crippen molar-refractivity contribution in [2.75, 3.05) is 18.1 Å². The van der Waals surface area contributed by atoms with Crippen LogP contribution in [0, 0.1) is 0 Å². The van der Waals surface area contributed by atoms with Gasteiger partial charge in [-0.25, -0.2) is 0 Å². The number of fused-ring (bicyclic) bond motifs is 1. The van der Waals surface area contributed by atoms with Crippen LogP contribution < -0.4 is 14.4 Å². The highest BCUT2D eigenvalue weighted by molar-refractivity contribution is 6.00. The zero-order valence-corrected chi connectivity index (χ0v) is 14.3. The van der Waals surface area contributed by atoms with Gasteiger partial charge in [-0.3, -0.25) is 4.79 Å². The number of anilines is 1. The molecular formula is C18H27NO4. The predicted molar refractivity (Wildman–Crippen MR) is 90.1 cm³/mol. The third-order valence-electron chi connectivity index (χ3n) is 4.03. The topological polar surface area (TPSA) is 59.0 Å². The molecule has 1 atom stereocenters. The first-order valence-corrected chi connectivity index (χ1v) is 8.54. The van der Waals surface area contributed by atoms with Crippen molar-refractivity contribution in [3.05, 3.63) is 17.7 Å². The monoisotopic (exact) mass is 321 g/mol. The van der Waals surface area contributed by atoms with Gasteiger partial charge in [-0.15, -0.1) is 0 Å². The summed E-state index contributed by atoms with van der Waals surface area (Å²) in [5.74, 6) is 1.21. The molecule has 2 rings (SSSR count). The molecule has 0 spiro atoms. The Balaban J connectivity index is 2.44. The quantitative estimate of drug-likeness (QED) is 0.747. The van der Waals surface area contributed by atoms with Crippen LogP contribution in [0.15, 0.2) is 12.1 Å². The van der Waals surface area contributed by atoms with E-state index < -0.39 is 6.10 Å². The number of aliphatic hydroxyl groups is 1. The molecule has 1 heterocycles. The molecule has 23 heavy (non-hydrogen) atoms. The molecule has 1 aromatic carbocycles. The number of rotatable bonds is 8. The number of benzene rings is 1. The molecule has 0 aromatic heterocycles. The van der Waals surface area contributed by atoms with Crippen molar-refractivity contribution in [3.63, 3.8) is 0 Å². The van der Waals surface area contributed by atoms with Gasteiger partial charge in [-0.1, -0.05) is 26.7 Å². The summed E-state index contributed by atoms with van der Waals surface area (Å²) in [5.41, 5.74) is 1.44. The SMILES string of the molecule is CCCCCN1C(=O)C(CC)Oc2c(OCC)cc(CO)cc21.